The number of nitrogens with two attached hydrogens (primary N) is 1. The van der Waals surface area contributed by atoms with Crippen molar-refractivity contribution in [3.63, 3.8) is 0 Å². The van der Waals surface area contributed by atoms with Gasteiger partial charge in [-0.1, -0.05) is 13.3 Å². The van der Waals surface area contributed by atoms with E-state index in [0.29, 0.717) is 0 Å². The van der Waals surface area contributed by atoms with E-state index in [4.69, 9.17) is 10.7 Å². The number of thiazole rings is 1. The molecule has 1 aliphatic carbocycles. The summed E-state index contributed by atoms with van der Waals surface area (Å²) in [6.45, 7) is 2.28. The molecule has 0 aromatic carbocycles. The van der Waals surface area contributed by atoms with E-state index in [2.05, 4.69) is 23.4 Å². The van der Waals surface area contributed by atoms with Crippen molar-refractivity contribution in [3.8, 4) is 11.4 Å². The summed E-state index contributed by atoms with van der Waals surface area (Å²) in [5, 5.41) is 3.22. The van der Waals surface area contributed by atoms with E-state index in [1.54, 1.807) is 11.3 Å². The zero-order valence-electron chi connectivity index (χ0n) is 11.4. The fourth-order valence-electron chi connectivity index (χ4n) is 2.93. The molecule has 0 aliphatic heterocycles. The quantitative estimate of drug-likeness (QED) is 0.892. The first-order valence-corrected chi connectivity index (χ1v) is 7.98. The molecule has 1 fully saturated rings. The Hall–Kier alpha value is -1.13. The van der Waals surface area contributed by atoms with E-state index >= 15 is 0 Å². The molecule has 2 aromatic heterocycles. The van der Waals surface area contributed by atoms with Gasteiger partial charge in [-0.25, -0.2) is 4.98 Å². The Kier molecular flexibility index (Phi) is 3.46. The highest BCUT2D eigenvalue weighted by molar-refractivity contribution is 7.10. The smallest absolute Gasteiger partial charge is 0.113 e. The maximum absolute atomic E-state index is 6.60. The summed E-state index contributed by atoms with van der Waals surface area (Å²) in [4.78, 5) is 7.96. The first-order valence-electron chi connectivity index (χ1n) is 7.10. The van der Waals surface area contributed by atoms with Crippen molar-refractivity contribution in [2.45, 2.75) is 44.6 Å². The van der Waals surface area contributed by atoms with Crippen LogP contribution in [-0.2, 0) is 5.54 Å². The monoisotopic (exact) mass is 275 g/mol. The summed E-state index contributed by atoms with van der Waals surface area (Å²) >= 11 is 1.71. The van der Waals surface area contributed by atoms with Crippen LogP contribution in [0.5, 0.6) is 0 Å². The maximum atomic E-state index is 6.60. The average Bonchev–Trinajstić information content (AvgIpc) is 3.10. The molecule has 0 radical (unpaired) electrons. The maximum Gasteiger partial charge on any atom is 0.113 e. The molecule has 19 heavy (non-hydrogen) atoms. The molecule has 4 heteroatoms. The second-order valence-electron chi connectivity index (χ2n) is 5.63. The van der Waals surface area contributed by atoms with Gasteiger partial charge in [0.05, 0.1) is 16.9 Å². The van der Waals surface area contributed by atoms with E-state index in [-0.39, 0.29) is 5.54 Å². The SMILES string of the molecule is CCC1CCC(N)(c2nc(-c3ccc[nH]3)cs2)CC1. The molecule has 0 atom stereocenters. The summed E-state index contributed by atoms with van der Waals surface area (Å²) in [5.74, 6) is 0.861. The van der Waals surface area contributed by atoms with Crippen molar-refractivity contribution in [1.29, 1.82) is 0 Å². The fraction of sp³-hybridized carbons (Fsp3) is 0.533. The normalized spacial score (nSPS) is 27.6. The first kappa shape index (κ1) is 12.9. The van der Waals surface area contributed by atoms with E-state index in [1.165, 1.54) is 19.3 Å². The van der Waals surface area contributed by atoms with Gasteiger partial charge in [-0.2, -0.15) is 0 Å². The van der Waals surface area contributed by atoms with E-state index in [9.17, 15) is 0 Å². The molecule has 2 heterocycles. The van der Waals surface area contributed by atoms with Crippen LogP contribution in [0.3, 0.4) is 0 Å². The number of nitrogens with one attached hydrogen (secondary N) is 1. The van der Waals surface area contributed by atoms with Crippen LogP contribution in [0.15, 0.2) is 23.7 Å². The van der Waals surface area contributed by atoms with Gasteiger partial charge < -0.3 is 10.7 Å². The van der Waals surface area contributed by atoms with Crippen molar-refractivity contribution in [1.82, 2.24) is 9.97 Å². The zero-order valence-corrected chi connectivity index (χ0v) is 12.2. The molecule has 0 spiro atoms. The third kappa shape index (κ3) is 2.47. The Balaban J connectivity index is 1.79. The lowest BCUT2D eigenvalue weighted by molar-refractivity contribution is 0.231. The highest BCUT2D eigenvalue weighted by Crippen LogP contribution is 2.40. The number of hydrogen-bond acceptors (Lipinski definition) is 3. The van der Waals surface area contributed by atoms with Crippen LogP contribution in [0, 0.1) is 5.92 Å². The summed E-state index contributed by atoms with van der Waals surface area (Å²) < 4.78 is 0. The molecular formula is C15H21N3S. The van der Waals surface area contributed by atoms with E-state index in [0.717, 1.165) is 35.2 Å². The lowest BCUT2D eigenvalue weighted by Gasteiger charge is -2.35. The second-order valence-corrected chi connectivity index (χ2v) is 6.49. The molecule has 1 aliphatic rings. The molecule has 0 amide bonds. The Morgan fingerprint density at radius 2 is 2.26 bits per heavy atom. The summed E-state index contributed by atoms with van der Waals surface area (Å²) in [5.41, 5.74) is 8.51. The number of nitrogens with zero attached hydrogens (tertiary/aromatic N) is 1. The minimum atomic E-state index is -0.193. The average molecular weight is 275 g/mol. The lowest BCUT2D eigenvalue weighted by atomic mass is 9.76. The Morgan fingerprint density at radius 1 is 1.47 bits per heavy atom. The van der Waals surface area contributed by atoms with Crippen LogP contribution < -0.4 is 5.73 Å². The second kappa shape index (κ2) is 5.10. The number of aromatic amines is 1. The number of aromatic nitrogens is 2. The summed E-state index contributed by atoms with van der Waals surface area (Å²) in [7, 11) is 0. The molecule has 1 saturated carbocycles. The van der Waals surface area contributed by atoms with Gasteiger partial charge >= 0.3 is 0 Å². The van der Waals surface area contributed by atoms with Crippen LogP contribution in [0.25, 0.3) is 11.4 Å². The van der Waals surface area contributed by atoms with Crippen LogP contribution in [0.2, 0.25) is 0 Å². The molecule has 0 saturated heterocycles. The molecule has 3 N–H and O–H groups in total. The number of rotatable bonds is 3. The van der Waals surface area contributed by atoms with Crippen molar-refractivity contribution in [3.05, 3.63) is 28.7 Å². The van der Waals surface area contributed by atoms with Gasteiger partial charge in [0, 0.05) is 11.6 Å². The fourth-order valence-corrected chi connectivity index (χ4v) is 3.92. The molecule has 3 rings (SSSR count). The van der Waals surface area contributed by atoms with E-state index < -0.39 is 0 Å². The van der Waals surface area contributed by atoms with Crippen molar-refractivity contribution in [2.24, 2.45) is 11.7 Å². The van der Waals surface area contributed by atoms with Gasteiger partial charge in [0.1, 0.15) is 5.01 Å². The van der Waals surface area contributed by atoms with Crippen LogP contribution >= 0.6 is 11.3 Å². The Labute approximate surface area is 118 Å². The lowest BCUT2D eigenvalue weighted by Crippen LogP contribution is -2.40. The highest BCUT2D eigenvalue weighted by atomic mass is 32.1. The predicted octanol–water partition coefficient (Wildman–Crippen LogP) is 3.89. The third-order valence-electron chi connectivity index (χ3n) is 4.38. The van der Waals surface area contributed by atoms with Crippen LogP contribution in [0.1, 0.15) is 44.0 Å². The van der Waals surface area contributed by atoms with Gasteiger partial charge in [-0.3, -0.25) is 0 Å². The van der Waals surface area contributed by atoms with Crippen molar-refractivity contribution < 1.29 is 0 Å². The molecular weight excluding hydrogens is 254 g/mol. The molecule has 2 aromatic rings. The topological polar surface area (TPSA) is 54.7 Å². The highest BCUT2D eigenvalue weighted by Gasteiger charge is 2.35. The van der Waals surface area contributed by atoms with Crippen molar-refractivity contribution in [2.75, 3.05) is 0 Å². The van der Waals surface area contributed by atoms with Gasteiger partial charge in [-0.05, 0) is 43.7 Å². The van der Waals surface area contributed by atoms with Crippen molar-refractivity contribution >= 4 is 11.3 Å². The van der Waals surface area contributed by atoms with E-state index in [1.807, 2.05) is 12.3 Å². The largest absolute Gasteiger partial charge is 0.360 e. The predicted molar refractivity (Wildman–Crippen MR) is 80.0 cm³/mol. The number of hydrogen-bond donors (Lipinski definition) is 2. The van der Waals surface area contributed by atoms with Gasteiger partial charge in [0.25, 0.3) is 0 Å². The third-order valence-corrected chi connectivity index (χ3v) is 5.44. The molecule has 102 valence electrons. The zero-order chi connectivity index (χ0) is 13.3. The first-order chi connectivity index (χ1) is 9.21. The van der Waals surface area contributed by atoms with Gasteiger partial charge in [0.2, 0.25) is 0 Å². The number of H-pyrrole nitrogens is 1. The minimum Gasteiger partial charge on any atom is -0.360 e. The van der Waals surface area contributed by atoms with Crippen LogP contribution in [-0.4, -0.2) is 9.97 Å². The Morgan fingerprint density at radius 3 is 2.89 bits per heavy atom. The van der Waals surface area contributed by atoms with Gasteiger partial charge in [0.15, 0.2) is 0 Å². The minimum absolute atomic E-state index is 0.193. The Bertz CT molecular complexity index is 521. The summed E-state index contributed by atoms with van der Waals surface area (Å²) in [6, 6.07) is 4.05. The standard InChI is InChI=1S/C15H21N3S/c1-2-11-5-7-15(16,8-6-11)14-18-13(10-19-14)12-4-3-9-17-12/h3-4,9-11,17H,2,5-8,16H2,1H3. The molecule has 3 nitrogen and oxygen atoms in total. The van der Waals surface area contributed by atoms with Gasteiger partial charge in [-0.15, -0.1) is 11.3 Å². The molecule has 0 unspecified atom stereocenters. The summed E-state index contributed by atoms with van der Waals surface area (Å²) in [6.07, 6.45) is 7.84. The van der Waals surface area contributed by atoms with Crippen LogP contribution in [0.4, 0.5) is 0 Å². The molecule has 0 bridgehead atoms.